The summed E-state index contributed by atoms with van der Waals surface area (Å²) in [6, 6.07) is 10.9. The van der Waals surface area contributed by atoms with Crippen LogP contribution in [0.15, 0.2) is 41.9 Å². The highest BCUT2D eigenvalue weighted by molar-refractivity contribution is 7.09. The van der Waals surface area contributed by atoms with Gasteiger partial charge < -0.3 is 9.47 Å². The Labute approximate surface area is 169 Å². The molecular weight excluding hydrogens is 364 g/mol. The Balaban J connectivity index is 1.59. The molecule has 0 N–H and O–H groups in total. The van der Waals surface area contributed by atoms with Crippen molar-refractivity contribution >= 4 is 28.1 Å². The average Bonchev–Trinajstić information content (AvgIpc) is 3.24. The van der Waals surface area contributed by atoms with E-state index in [0.29, 0.717) is 0 Å². The van der Waals surface area contributed by atoms with E-state index < -0.39 is 0 Å². The number of aromatic nitrogens is 3. The molecule has 0 saturated heterocycles. The zero-order valence-corrected chi connectivity index (χ0v) is 17.4. The first kappa shape index (κ1) is 17.4. The molecule has 142 valence electrons. The van der Waals surface area contributed by atoms with E-state index in [9.17, 15) is 0 Å². The summed E-state index contributed by atoms with van der Waals surface area (Å²) < 4.78 is 2.39. The summed E-state index contributed by atoms with van der Waals surface area (Å²) in [5.74, 6) is 1.11. The van der Waals surface area contributed by atoms with Crippen molar-refractivity contribution in [2.75, 3.05) is 11.4 Å². The first-order valence-corrected chi connectivity index (χ1v) is 10.7. The van der Waals surface area contributed by atoms with Gasteiger partial charge in [-0.25, -0.2) is 9.97 Å². The molecule has 4 nitrogen and oxygen atoms in total. The molecule has 1 aliphatic heterocycles. The minimum absolute atomic E-state index is 0.812. The van der Waals surface area contributed by atoms with Gasteiger partial charge in [0.25, 0.3) is 0 Å². The lowest BCUT2D eigenvalue weighted by Crippen LogP contribution is -2.31. The van der Waals surface area contributed by atoms with E-state index in [2.05, 4.69) is 70.9 Å². The van der Waals surface area contributed by atoms with Crippen LogP contribution in [-0.2, 0) is 19.5 Å². The van der Waals surface area contributed by atoms with Crippen molar-refractivity contribution < 1.29 is 0 Å². The Morgan fingerprint density at radius 2 is 1.89 bits per heavy atom. The minimum atomic E-state index is 0.812. The van der Waals surface area contributed by atoms with Gasteiger partial charge in [0.05, 0.1) is 22.8 Å². The van der Waals surface area contributed by atoms with Crippen molar-refractivity contribution in [3.05, 3.63) is 75.0 Å². The maximum Gasteiger partial charge on any atom is 0.138 e. The highest BCUT2D eigenvalue weighted by atomic mass is 32.1. The van der Waals surface area contributed by atoms with Gasteiger partial charge in [-0.1, -0.05) is 24.3 Å². The van der Waals surface area contributed by atoms with E-state index in [1.54, 1.807) is 11.3 Å². The monoisotopic (exact) mass is 388 g/mol. The topological polar surface area (TPSA) is 34.0 Å². The number of benzene rings is 1. The lowest BCUT2D eigenvalue weighted by molar-refractivity contribution is 0.724. The highest BCUT2D eigenvalue weighted by Crippen LogP contribution is 2.34. The molecule has 3 aromatic heterocycles. The fraction of sp³-hybridized carbons (Fsp3) is 0.304. The molecule has 1 aliphatic rings. The Morgan fingerprint density at radius 3 is 2.68 bits per heavy atom. The lowest BCUT2D eigenvalue weighted by Gasteiger charge is -2.30. The first-order valence-electron chi connectivity index (χ1n) is 9.79. The molecule has 0 fully saturated rings. The molecule has 0 amide bonds. The number of thiazole rings is 1. The van der Waals surface area contributed by atoms with E-state index >= 15 is 0 Å². The number of aryl methyl sites for hydroxylation is 2. The summed E-state index contributed by atoms with van der Waals surface area (Å²) in [6.45, 7) is 9.26. The van der Waals surface area contributed by atoms with Crippen LogP contribution in [-0.4, -0.2) is 21.1 Å². The van der Waals surface area contributed by atoms with Crippen molar-refractivity contribution in [2.24, 2.45) is 0 Å². The number of fused-ring (bicyclic) bond motifs is 2. The predicted molar refractivity (Wildman–Crippen MR) is 116 cm³/mol. The van der Waals surface area contributed by atoms with E-state index in [-0.39, 0.29) is 0 Å². The van der Waals surface area contributed by atoms with E-state index in [4.69, 9.17) is 4.98 Å². The fourth-order valence-corrected chi connectivity index (χ4v) is 4.96. The molecule has 0 saturated carbocycles. The molecule has 5 heteroatoms. The van der Waals surface area contributed by atoms with Gasteiger partial charge in [0.15, 0.2) is 0 Å². The molecule has 0 bridgehead atoms. The molecule has 4 heterocycles. The molecule has 5 rings (SSSR count). The molecule has 1 aromatic carbocycles. The van der Waals surface area contributed by atoms with Crippen molar-refractivity contribution in [3.8, 4) is 0 Å². The molecule has 0 unspecified atom stereocenters. The number of hydrogen-bond donors (Lipinski definition) is 0. The Hall–Kier alpha value is -2.66. The molecule has 0 atom stereocenters. The van der Waals surface area contributed by atoms with Gasteiger partial charge in [0, 0.05) is 35.7 Å². The molecule has 0 radical (unpaired) electrons. The van der Waals surface area contributed by atoms with Crippen molar-refractivity contribution in [1.82, 2.24) is 14.5 Å². The number of pyridine rings is 1. The fourth-order valence-electron chi connectivity index (χ4n) is 4.35. The third-order valence-electron chi connectivity index (χ3n) is 5.94. The van der Waals surface area contributed by atoms with E-state index in [1.807, 2.05) is 6.20 Å². The van der Waals surface area contributed by atoms with Crippen LogP contribution in [0.2, 0.25) is 0 Å². The van der Waals surface area contributed by atoms with Gasteiger partial charge in [-0.05, 0) is 49.9 Å². The molecular formula is C23H24N4S. The van der Waals surface area contributed by atoms with Crippen LogP contribution in [0.3, 0.4) is 0 Å². The quantitative estimate of drug-likeness (QED) is 0.494. The Kier molecular flexibility index (Phi) is 4.20. The van der Waals surface area contributed by atoms with Crippen LogP contribution in [0.5, 0.6) is 0 Å². The number of hydrogen-bond acceptors (Lipinski definition) is 4. The standard InChI is InChI=1S/C23H24N4S/c1-15-16(2)27(13-20-14-28-17(3)25-20)21-8-10-24-23(22(15)21)26-11-9-18-6-4-5-7-19(18)12-26/h4-8,10,14H,9,11-13H2,1-3H3. The van der Waals surface area contributed by atoms with Crippen LogP contribution < -0.4 is 4.90 Å². The zero-order valence-electron chi connectivity index (χ0n) is 16.6. The summed E-state index contributed by atoms with van der Waals surface area (Å²) in [5.41, 5.74) is 7.89. The molecule has 4 aromatic rings. The average molecular weight is 389 g/mol. The van der Waals surface area contributed by atoms with Gasteiger partial charge in [-0.15, -0.1) is 11.3 Å². The SMILES string of the molecule is Cc1nc(Cn2c(C)c(C)c3c(N4CCc5ccccc5C4)nccc32)cs1. The normalized spacial score (nSPS) is 13.9. The number of nitrogens with zero attached hydrogens (tertiary/aromatic N) is 4. The second-order valence-electron chi connectivity index (χ2n) is 7.62. The van der Waals surface area contributed by atoms with Crippen LogP contribution in [0.1, 0.15) is 33.1 Å². The number of rotatable bonds is 3. The van der Waals surface area contributed by atoms with Crippen molar-refractivity contribution in [3.63, 3.8) is 0 Å². The van der Waals surface area contributed by atoms with E-state index in [1.165, 1.54) is 33.3 Å². The molecule has 28 heavy (non-hydrogen) atoms. The van der Waals surface area contributed by atoms with Gasteiger partial charge in [-0.3, -0.25) is 0 Å². The minimum Gasteiger partial charge on any atom is -0.351 e. The summed E-state index contributed by atoms with van der Waals surface area (Å²) in [7, 11) is 0. The van der Waals surface area contributed by atoms with Crippen LogP contribution in [0.25, 0.3) is 10.9 Å². The molecule has 0 spiro atoms. The third-order valence-corrected chi connectivity index (χ3v) is 6.76. The highest BCUT2D eigenvalue weighted by Gasteiger charge is 2.22. The third kappa shape index (κ3) is 2.81. The van der Waals surface area contributed by atoms with Crippen LogP contribution in [0, 0.1) is 20.8 Å². The maximum atomic E-state index is 4.83. The van der Waals surface area contributed by atoms with Crippen molar-refractivity contribution in [2.45, 2.75) is 40.3 Å². The molecule has 0 aliphatic carbocycles. The predicted octanol–water partition coefficient (Wildman–Crippen LogP) is 5.03. The lowest BCUT2D eigenvalue weighted by atomic mass is 9.99. The smallest absolute Gasteiger partial charge is 0.138 e. The van der Waals surface area contributed by atoms with Gasteiger partial charge in [0.1, 0.15) is 5.82 Å². The van der Waals surface area contributed by atoms with E-state index in [0.717, 1.165) is 42.6 Å². The summed E-state index contributed by atoms with van der Waals surface area (Å²) in [5, 5.41) is 4.57. The second-order valence-corrected chi connectivity index (χ2v) is 8.69. The first-order chi connectivity index (χ1) is 13.6. The zero-order chi connectivity index (χ0) is 19.3. The van der Waals surface area contributed by atoms with Gasteiger partial charge in [0.2, 0.25) is 0 Å². The largest absolute Gasteiger partial charge is 0.351 e. The van der Waals surface area contributed by atoms with Gasteiger partial charge in [-0.2, -0.15) is 0 Å². The maximum absolute atomic E-state index is 4.83. The number of anilines is 1. The van der Waals surface area contributed by atoms with Crippen molar-refractivity contribution in [1.29, 1.82) is 0 Å². The van der Waals surface area contributed by atoms with Crippen LogP contribution >= 0.6 is 11.3 Å². The summed E-state index contributed by atoms with van der Waals surface area (Å²) >= 11 is 1.72. The summed E-state index contributed by atoms with van der Waals surface area (Å²) in [4.78, 5) is 11.9. The van der Waals surface area contributed by atoms with Crippen LogP contribution in [0.4, 0.5) is 5.82 Å². The second kappa shape index (κ2) is 6.74. The Bertz CT molecular complexity index is 1170. The Morgan fingerprint density at radius 1 is 1.07 bits per heavy atom. The van der Waals surface area contributed by atoms with Gasteiger partial charge >= 0.3 is 0 Å². The summed E-state index contributed by atoms with van der Waals surface area (Å²) in [6.07, 6.45) is 3.03.